The normalized spacial score (nSPS) is 47.5. The van der Waals surface area contributed by atoms with Gasteiger partial charge in [-0.2, -0.15) is 0 Å². The number of rotatable bonds is 1. The minimum Gasteiger partial charge on any atom is -0.299 e. The molecule has 0 saturated heterocycles. The van der Waals surface area contributed by atoms with Gasteiger partial charge in [0, 0.05) is 5.41 Å². The van der Waals surface area contributed by atoms with E-state index in [4.69, 9.17) is 0 Å². The Hall–Kier alpha value is -0.330. The fourth-order valence-electron chi connectivity index (χ4n) is 3.90. The largest absolute Gasteiger partial charge is 0.299 e. The van der Waals surface area contributed by atoms with E-state index in [0.29, 0.717) is 5.78 Å². The van der Waals surface area contributed by atoms with Crippen LogP contribution in [0.1, 0.15) is 52.9 Å². The quantitative estimate of drug-likeness (QED) is 0.625. The molecule has 1 heteroatoms. The van der Waals surface area contributed by atoms with Crippen LogP contribution in [0, 0.1) is 23.2 Å². The van der Waals surface area contributed by atoms with Crippen LogP contribution in [0.2, 0.25) is 0 Å². The molecule has 80 valence electrons. The van der Waals surface area contributed by atoms with Crippen molar-refractivity contribution >= 4 is 5.78 Å². The zero-order chi connectivity index (χ0) is 10.3. The molecule has 14 heavy (non-hydrogen) atoms. The number of carbonyl (C=O) groups excluding carboxylic acids is 1. The van der Waals surface area contributed by atoms with Crippen LogP contribution in [-0.2, 0) is 4.79 Å². The highest BCUT2D eigenvalue weighted by molar-refractivity contribution is 5.82. The van der Waals surface area contributed by atoms with Gasteiger partial charge in [0.25, 0.3) is 0 Å². The van der Waals surface area contributed by atoms with Crippen molar-refractivity contribution in [2.75, 3.05) is 0 Å². The van der Waals surface area contributed by atoms with Gasteiger partial charge in [-0.15, -0.1) is 0 Å². The predicted octanol–water partition coefficient (Wildman–Crippen LogP) is 3.43. The summed E-state index contributed by atoms with van der Waals surface area (Å²) in [6.45, 7) is 6.48. The lowest BCUT2D eigenvalue weighted by Gasteiger charge is -2.38. The molecule has 1 nitrogen and oxygen atoms in total. The van der Waals surface area contributed by atoms with Gasteiger partial charge >= 0.3 is 0 Å². The standard InChI is InChI=1S/C13H22O/c1-9-6-12-4-5-13(7-9,11(3)14)8-10(12)2/h9-10,12H,4-8H2,1-3H3. The highest BCUT2D eigenvalue weighted by Gasteiger charge is 2.46. The SMILES string of the molecule is CC(=O)C12CCC(CC(C)C1)C(C)C2. The van der Waals surface area contributed by atoms with Crippen molar-refractivity contribution in [3.8, 4) is 0 Å². The Kier molecular flexibility index (Phi) is 2.45. The summed E-state index contributed by atoms with van der Waals surface area (Å²) >= 11 is 0. The third kappa shape index (κ3) is 1.51. The molecule has 0 amide bonds. The number of ketones is 1. The summed E-state index contributed by atoms with van der Waals surface area (Å²) in [6.07, 6.45) is 6.14. The molecule has 0 aromatic rings. The molecule has 0 aromatic carbocycles. The molecule has 4 atom stereocenters. The average molecular weight is 194 g/mol. The Balaban J connectivity index is 2.28. The second-order valence-corrected chi connectivity index (χ2v) is 5.86. The van der Waals surface area contributed by atoms with Crippen molar-refractivity contribution in [3.05, 3.63) is 0 Å². The fraction of sp³-hybridized carbons (Fsp3) is 0.923. The number of hydrogen-bond donors (Lipinski definition) is 0. The Morgan fingerprint density at radius 1 is 1.29 bits per heavy atom. The first kappa shape index (κ1) is 10.2. The number of Topliss-reactive ketones (excluding diaryl/α,β-unsaturated/α-hetero) is 1. The molecule has 4 unspecified atom stereocenters. The van der Waals surface area contributed by atoms with E-state index in [1.807, 2.05) is 6.92 Å². The molecular formula is C13H22O. The molecular weight excluding hydrogens is 172 g/mol. The van der Waals surface area contributed by atoms with Gasteiger partial charge in [0.1, 0.15) is 5.78 Å². The van der Waals surface area contributed by atoms with Crippen molar-refractivity contribution in [2.24, 2.45) is 23.2 Å². The van der Waals surface area contributed by atoms with Gasteiger partial charge in [-0.05, 0) is 56.8 Å². The summed E-state index contributed by atoms with van der Waals surface area (Å²) in [5.41, 5.74) is 0.0752. The second kappa shape index (κ2) is 3.36. The first-order valence-corrected chi connectivity index (χ1v) is 6.04. The Labute approximate surface area is 87.3 Å². The Morgan fingerprint density at radius 2 is 2.00 bits per heavy atom. The summed E-state index contributed by atoms with van der Waals surface area (Å²) in [5.74, 6) is 2.89. The van der Waals surface area contributed by atoms with Crippen LogP contribution in [0.25, 0.3) is 0 Å². The molecule has 0 spiro atoms. The summed E-state index contributed by atoms with van der Waals surface area (Å²) in [4.78, 5) is 11.8. The molecule has 0 heterocycles. The van der Waals surface area contributed by atoms with Crippen molar-refractivity contribution in [1.82, 2.24) is 0 Å². The lowest BCUT2D eigenvalue weighted by molar-refractivity contribution is -0.130. The van der Waals surface area contributed by atoms with Crippen molar-refractivity contribution in [1.29, 1.82) is 0 Å². The molecule has 0 aromatic heterocycles. The van der Waals surface area contributed by atoms with E-state index in [2.05, 4.69) is 13.8 Å². The van der Waals surface area contributed by atoms with Gasteiger partial charge in [-0.25, -0.2) is 0 Å². The summed E-state index contributed by atoms with van der Waals surface area (Å²) < 4.78 is 0. The molecule has 0 radical (unpaired) electrons. The lowest BCUT2D eigenvalue weighted by atomic mass is 9.65. The Bertz CT molecular complexity index is 242. The Morgan fingerprint density at radius 3 is 2.57 bits per heavy atom. The van der Waals surface area contributed by atoms with Crippen LogP contribution in [0.15, 0.2) is 0 Å². The van der Waals surface area contributed by atoms with Crippen LogP contribution >= 0.6 is 0 Å². The fourth-order valence-corrected chi connectivity index (χ4v) is 3.90. The van der Waals surface area contributed by atoms with Gasteiger partial charge in [-0.1, -0.05) is 13.8 Å². The van der Waals surface area contributed by atoms with Crippen LogP contribution in [-0.4, -0.2) is 5.78 Å². The van der Waals surface area contributed by atoms with E-state index in [1.165, 1.54) is 19.3 Å². The molecule has 0 aliphatic heterocycles. The van der Waals surface area contributed by atoms with E-state index < -0.39 is 0 Å². The first-order chi connectivity index (χ1) is 6.53. The number of carbonyl (C=O) groups is 1. The van der Waals surface area contributed by atoms with Gasteiger partial charge in [0.05, 0.1) is 0 Å². The topological polar surface area (TPSA) is 17.1 Å². The molecule has 3 saturated carbocycles. The van der Waals surface area contributed by atoms with Crippen molar-refractivity contribution in [3.63, 3.8) is 0 Å². The number of hydrogen-bond acceptors (Lipinski definition) is 1. The van der Waals surface area contributed by atoms with E-state index >= 15 is 0 Å². The van der Waals surface area contributed by atoms with Gasteiger partial charge in [-0.3, -0.25) is 4.79 Å². The van der Waals surface area contributed by atoms with E-state index in [-0.39, 0.29) is 5.41 Å². The second-order valence-electron chi connectivity index (χ2n) is 5.86. The predicted molar refractivity (Wildman–Crippen MR) is 58.0 cm³/mol. The molecule has 3 rings (SSSR count). The van der Waals surface area contributed by atoms with Crippen LogP contribution in [0.5, 0.6) is 0 Å². The minimum absolute atomic E-state index is 0.0752. The third-order valence-electron chi connectivity index (χ3n) is 4.70. The maximum absolute atomic E-state index is 11.8. The minimum atomic E-state index is 0.0752. The smallest absolute Gasteiger partial charge is 0.135 e. The summed E-state index contributed by atoms with van der Waals surface area (Å²) in [6, 6.07) is 0. The highest BCUT2D eigenvalue weighted by atomic mass is 16.1. The molecule has 2 bridgehead atoms. The van der Waals surface area contributed by atoms with E-state index in [0.717, 1.165) is 30.6 Å². The molecule has 0 N–H and O–H groups in total. The van der Waals surface area contributed by atoms with Gasteiger partial charge < -0.3 is 0 Å². The first-order valence-electron chi connectivity index (χ1n) is 6.04. The van der Waals surface area contributed by atoms with E-state index in [1.54, 1.807) is 0 Å². The summed E-state index contributed by atoms with van der Waals surface area (Å²) in [5, 5.41) is 0. The van der Waals surface area contributed by atoms with Crippen LogP contribution < -0.4 is 0 Å². The maximum Gasteiger partial charge on any atom is 0.135 e. The number of fused-ring (bicyclic) bond motifs is 4. The van der Waals surface area contributed by atoms with Crippen molar-refractivity contribution in [2.45, 2.75) is 52.9 Å². The molecule has 3 aliphatic carbocycles. The molecule has 3 fully saturated rings. The van der Waals surface area contributed by atoms with E-state index in [9.17, 15) is 4.79 Å². The van der Waals surface area contributed by atoms with Crippen LogP contribution in [0.4, 0.5) is 0 Å². The van der Waals surface area contributed by atoms with Crippen LogP contribution in [0.3, 0.4) is 0 Å². The maximum atomic E-state index is 11.8. The third-order valence-corrected chi connectivity index (χ3v) is 4.70. The highest BCUT2D eigenvalue weighted by Crippen LogP contribution is 2.52. The zero-order valence-corrected chi connectivity index (χ0v) is 9.68. The molecule has 3 aliphatic rings. The average Bonchev–Trinajstić information content (AvgIpc) is 2.31. The monoisotopic (exact) mass is 194 g/mol. The summed E-state index contributed by atoms with van der Waals surface area (Å²) in [7, 11) is 0. The van der Waals surface area contributed by atoms with Gasteiger partial charge in [0.15, 0.2) is 0 Å². The van der Waals surface area contributed by atoms with Crippen molar-refractivity contribution < 1.29 is 4.79 Å². The zero-order valence-electron chi connectivity index (χ0n) is 9.68. The lowest BCUT2D eigenvalue weighted by Crippen LogP contribution is -2.35. The van der Waals surface area contributed by atoms with Gasteiger partial charge in [0.2, 0.25) is 0 Å².